The summed E-state index contributed by atoms with van der Waals surface area (Å²) >= 11 is 0. The highest BCUT2D eigenvalue weighted by atomic mass is 16.6. The molecule has 0 saturated carbocycles. The van der Waals surface area contributed by atoms with Crippen molar-refractivity contribution in [2.45, 2.75) is 58.1 Å². The Bertz CT molecular complexity index is 1420. The first kappa shape index (κ1) is 26.2. The molecule has 0 spiro atoms. The summed E-state index contributed by atoms with van der Waals surface area (Å²) in [5.74, 6) is 0.352. The lowest BCUT2D eigenvalue weighted by molar-refractivity contribution is 0.0203. The quantitative estimate of drug-likeness (QED) is 0.302. The number of carbonyl (C=O) groups excluding carboxylic acids is 1. The van der Waals surface area contributed by atoms with Gasteiger partial charge in [0.1, 0.15) is 5.60 Å². The number of para-hydroxylation sites is 1. The average molecular weight is 514 g/mol. The normalized spacial score (nSPS) is 15.1. The number of rotatable bonds is 6. The maximum atomic E-state index is 12.6. The molecule has 0 atom stereocenters. The predicted octanol–water partition coefficient (Wildman–Crippen LogP) is 6.32. The summed E-state index contributed by atoms with van der Waals surface area (Å²) in [6.45, 7) is 9.04. The van der Waals surface area contributed by atoms with Crippen LogP contribution in [0.2, 0.25) is 0 Å². The Labute approximate surface area is 225 Å². The number of amides is 1. The number of nitrogens with zero attached hydrogens (tertiary/aromatic N) is 5. The summed E-state index contributed by atoms with van der Waals surface area (Å²) in [4.78, 5) is 21.2. The van der Waals surface area contributed by atoms with Crippen LogP contribution < -0.4 is 0 Å². The first-order valence-corrected chi connectivity index (χ1v) is 13.7. The number of aryl methyl sites for hydroxylation is 1. The van der Waals surface area contributed by atoms with Crippen LogP contribution in [-0.2, 0) is 11.3 Å². The van der Waals surface area contributed by atoms with Gasteiger partial charge in [-0.3, -0.25) is 9.67 Å². The molecule has 4 aromatic rings. The molecule has 1 amide bonds. The van der Waals surface area contributed by atoms with Gasteiger partial charge in [0.05, 0.1) is 11.0 Å². The number of fused-ring (bicyclic) bond motifs is 2. The van der Waals surface area contributed by atoms with Crippen LogP contribution in [0.4, 0.5) is 4.79 Å². The topological polar surface area (TPSA) is 63.5 Å². The van der Waals surface area contributed by atoms with E-state index >= 15 is 0 Å². The molecule has 7 nitrogen and oxygen atoms in total. The second-order valence-corrected chi connectivity index (χ2v) is 11.6. The number of ether oxygens (including phenoxy) is 1. The molecule has 1 saturated heterocycles. The molecule has 0 aliphatic carbocycles. The van der Waals surface area contributed by atoms with Gasteiger partial charge >= 0.3 is 6.09 Å². The van der Waals surface area contributed by atoms with Crippen LogP contribution in [0.1, 0.15) is 51.6 Å². The molecular formula is C31H39N5O2. The fraction of sp³-hybridized carbons (Fsp3) is 0.452. The Balaban J connectivity index is 1.46. The Kier molecular flexibility index (Phi) is 7.39. The van der Waals surface area contributed by atoms with Crippen LogP contribution in [0.3, 0.4) is 0 Å². The lowest BCUT2D eigenvalue weighted by Gasteiger charge is -2.33. The van der Waals surface area contributed by atoms with Crippen molar-refractivity contribution in [2.75, 3.05) is 33.7 Å². The van der Waals surface area contributed by atoms with Crippen LogP contribution >= 0.6 is 0 Å². The summed E-state index contributed by atoms with van der Waals surface area (Å²) in [7, 11) is 4.22. The van der Waals surface area contributed by atoms with Crippen LogP contribution in [0, 0.1) is 0 Å². The lowest BCUT2D eigenvalue weighted by atomic mass is 9.90. The van der Waals surface area contributed by atoms with Gasteiger partial charge in [0.25, 0.3) is 0 Å². The summed E-state index contributed by atoms with van der Waals surface area (Å²) in [6, 6.07) is 17.0. The largest absolute Gasteiger partial charge is 0.444 e. The molecule has 5 rings (SSSR count). The fourth-order valence-corrected chi connectivity index (χ4v) is 5.47. The van der Waals surface area contributed by atoms with E-state index in [1.54, 1.807) is 0 Å². The van der Waals surface area contributed by atoms with Gasteiger partial charge in [-0.2, -0.15) is 5.10 Å². The van der Waals surface area contributed by atoms with Crippen molar-refractivity contribution >= 4 is 27.9 Å². The standard InChI is InChI=1S/C31H39N5O2/c1-31(2,3)38-30(37)35-19-14-22(15-20-35)29-26-12-11-23(21-28(26)33-36(29)18-8-17-34(4)5)24-13-16-32-27-10-7-6-9-25(24)27/h6-7,9-13,16,21-22H,8,14-15,17-20H2,1-5H3. The maximum Gasteiger partial charge on any atom is 0.410 e. The summed E-state index contributed by atoms with van der Waals surface area (Å²) in [6.07, 6.45) is 4.52. The number of piperidine rings is 1. The second kappa shape index (κ2) is 10.7. The van der Waals surface area contributed by atoms with Crippen molar-refractivity contribution in [1.29, 1.82) is 0 Å². The molecule has 0 radical (unpaired) electrons. The SMILES string of the molecule is CN(C)CCCn1nc2cc(-c3ccnc4ccccc34)ccc2c1C1CCN(C(=O)OC(C)(C)C)CC1. The zero-order valence-corrected chi connectivity index (χ0v) is 23.3. The van der Waals surface area contributed by atoms with Gasteiger partial charge in [-0.25, -0.2) is 4.79 Å². The minimum atomic E-state index is -0.479. The number of aromatic nitrogens is 3. The van der Waals surface area contributed by atoms with Crippen molar-refractivity contribution in [2.24, 2.45) is 0 Å². The number of pyridine rings is 1. The summed E-state index contributed by atoms with van der Waals surface area (Å²) in [5.41, 5.74) is 5.17. The highest BCUT2D eigenvalue weighted by Gasteiger charge is 2.30. The molecule has 200 valence electrons. The minimum absolute atomic E-state index is 0.213. The molecule has 0 bridgehead atoms. The monoisotopic (exact) mass is 513 g/mol. The van der Waals surface area contributed by atoms with Crippen molar-refractivity contribution in [3.05, 3.63) is 60.4 Å². The van der Waals surface area contributed by atoms with E-state index in [1.807, 2.05) is 37.9 Å². The second-order valence-electron chi connectivity index (χ2n) is 11.6. The molecule has 7 heteroatoms. The molecule has 38 heavy (non-hydrogen) atoms. The van der Waals surface area contributed by atoms with Crippen molar-refractivity contribution in [3.63, 3.8) is 0 Å². The third-order valence-corrected chi connectivity index (χ3v) is 7.25. The zero-order valence-electron chi connectivity index (χ0n) is 23.3. The van der Waals surface area contributed by atoms with Crippen LogP contribution in [0.25, 0.3) is 32.9 Å². The van der Waals surface area contributed by atoms with Gasteiger partial charge in [-0.15, -0.1) is 0 Å². The van der Waals surface area contributed by atoms with Crippen LogP contribution in [0.5, 0.6) is 0 Å². The number of hydrogen-bond donors (Lipinski definition) is 0. The zero-order chi connectivity index (χ0) is 26.9. The summed E-state index contributed by atoms with van der Waals surface area (Å²) in [5, 5.41) is 7.49. The highest BCUT2D eigenvalue weighted by molar-refractivity contribution is 5.97. The molecule has 0 unspecified atom stereocenters. The maximum absolute atomic E-state index is 12.6. The van der Waals surface area contributed by atoms with E-state index in [1.165, 1.54) is 16.6 Å². The average Bonchev–Trinajstić information content (AvgIpc) is 3.24. The van der Waals surface area contributed by atoms with E-state index in [2.05, 4.69) is 71.1 Å². The van der Waals surface area contributed by atoms with E-state index in [0.717, 1.165) is 54.3 Å². The van der Waals surface area contributed by atoms with Gasteiger partial charge in [0.15, 0.2) is 0 Å². The third-order valence-electron chi connectivity index (χ3n) is 7.25. The third kappa shape index (κ3) is 5.68. The van der Waals surface area contributed by atoms with E-state index in [9.17, 15) is 4.79 Å². The van der Waals surface area contributed by atoms with E-state index in [4.69, 9.17) is 9.84 Å². The molecule has 1 aliphatic heterocycles. The van der Waals surface area contributed by atoms with E-state index < -0.39 is 5.60 Å². The van der Waals surface area contributed by atoms with Crippen molar-refractivity contribution < 1.29 is 9.53 Å². The predicted molar refractivity (Wildman–Crippen MR) is 153 cm³/mol. The smallest absolute Gasteiger partial charge is 0.410 e. The minimum Gasteiger partial charge on any atom is -0.444 e. The van der Waals surface area contributed by atoms with Crippen LogP contribution in [-0.4, -0.2) is 70.0 Å². The van der Waals surface area contributed by atoms with Gasteiger partial charge in [0, 0.05) is 48.2 Å². The molecular weight excluding hydrogens is 474 g/mol. The van der Waals surface area contributed by atoms with Gasteiger partial charge in [0.2, 0.25) is 0 Å². The number of hydrogen-bond acceptors (Lipinski definition) is 5. The molecule has 2 aromatic carbocycles. The Morgan fingerprint density at radius 1 is 1.03 bits per heavy atom. The Morgan fingerprint density at radius 2 is 1.79 bits per heavy atom. The molecule has 1 aliphatic rings. The molecule has 3 heterocycles. The number of carbonyl (C=O) groups is 1. The molecule has 2 aromatic heterocycles. The van der Waals surface area contributed by atoms with Gasteiger partial charge < -0.3 is 14.5 Å². The first-order chi connectivity index (χ1) is 18.2. The number of likely N-dealkylation sites (tertiary alicyclic amines) is 1. The molecule has 1 fully saturated rings. The number of benzene rings is 2. The van der Waals surface area contributed by atoms with Gasteiger partial charge in [-0.05, 0) is 90.0 Å². The van der Waals surface area contributed by atoms with E-state index in [-0.39, 0.29) is 6.09 Å². The van der Waals surface area contributed by atoms with Gasteiger partial charge in [-0.1, -0.05) is 30.3 Å². The fourth-order valence-electron chi connectivity index (χ4n) is 5.47. The highest BCUT2D eigenvalue weighted by Crippen LogP contribution is 2.36. The van der Waals surface area contributed by atoms with Crippen molar-refractivity contribution in [3.8, 4) is 11.1 Å². The Hall–Kier alpha value is -3.45. The van der Waals surface area contributed by atoms with E-state index in [0.29, 0.717) is 19.0 Å². The first-order valence-electron chi connectivity index (χ1n) is 13.7. The van der Waals surface area contributed by atoms with Crippen LogP contribution in [0.15, 0.2) is 54.7 Å². The summed E-state index contributed by atoms with van der Waals surface area (Å²) < 4.78 is 7.85. The Morgan fingerprint density at radius 3 is 2.53 bits per heavy atom. The lowest BCUT2D eigenvalue weighted by Crippen LogP contribution is -2.41. The molecule has 0 N–H and O–H groups in total. The van der Waals surface area contributed by atoms with Crippen molar-refractivity contribution in [1.82, 2.24) is 24.6 Å².